The Hall–Kier alpha value is -2.02. The average molecular weight is 328 g/mol. The van der Waals surface area contributed by atoms with Gasteiger partial charge in [0.1, 0.15) is 5.69 Å². The zero-order valence-corrected chi connectivity index (χ0v) is 13.0. The summed E-state index contributed by atoms with van der Waals surface area (Å²) in [4.78, 5) is 23.9. The standard InChI is InChI=1S/C14H18ClN3O4/c1-2-22-14(19)17-8-6-10(7-9-17)16-13-11(15)4-3-5-12(13)18(20)21/h3-5,10,16H,2,6-9H2,1H3. The third kappa shape index (κ3) is 3.79. The van der Waals surface area contributed by atoms with Gasteiger partial charge in [0.2, 0.25) is 0 Å². The number of nitrogens with one attached hydrogen (secondary N) is 1. The predicted octanol–water partition coefficient (Wildman–Crippen LogP) is 3.28. The normalized spacial score (nSPS) is 15.5. The maximum absolute atomic E-state index is 11.6. The minimum absolute atomic E-state index is 0.0317. The summed E-state index contributed by atoms with van der Waals surface area (Å²) in [5, 5.41) is 14.5. The van der Waals surface area contributed by atoms with Crippen LogP contribution in [0.2, 0.25) is 5.02 Å². The van der Waals surface area contributed by atoms with Crippen molar-refractivity contribution in [3.05, 3.63) is 33.3 Å². The van der Waals surface area contributed by atoms with Gasteiger partial charge in [-0.15, -0.1) is 0 Å². The van der Waals surface area contributed by atoms with E-state index in [4.69, 9.17) is 16.3 Å². The first-order valence-electron chi connectivity index (χ1n) is 7.14. The third-order valence-electron chi connectivity index (χ3n) is 3.56. The molecule has 2 rings (SSSR count). The summed E-state index contributed by atoms with van der Waals surface area (Å²) >= 11 is 6.06. The number of nitro groups is 1. The Morgan fingerprint density at radius 1 is 1.50 bits per heavy atom. The molecular formula is C14H18ClN3O4. The Balaban J connectivity index is 2.00. The second-order valence-corrected chi connectivity index (χ2v) is 5.40. The first-order chi connectivity index (χ1) is 10.5. The lowest BCUT2D eigenvalue weighted by molar-refractivity contribution is -0.384. The molecule has 120 valence electrons. The highest BCUT2D eigenvalue weighted by Crippen LogP contribution is 2.33. The lowest BCUT2D eigenvalue weighted by Crippen LogP contribution is -2.42. The Bertz CT molecular complexity index is 559. The number of hydrogen-bond acceptors (Lipinski definition) is 5. The molecule has 1 amide bonds. The summed E-state index contributed by atoms with van der Waals surface area (Å²) in [6, 6.07) is 4.62. The number of nitrogens with zero attached hydrogens (tertiary/aromatic N) is 2. The van der Waals surface area contributed by atoms with Crippen LogP contribution in [0.15, 0.2) is 18.2 Å². The van der Waals surface area contributed by atoms with Gasteiger partial charge in [-0.1, -0.05) is 17.7 Å². The van der Waals surface area contributed by atoms with Crippen molar-refractivity contribution in [3.8, 4) is 0 Å². The Morgan fingerprint density at radius 2 is 2.18 bits per heavy atom. The number of ether oxygens (including phenoxy) is 1. The predicted molar refractivity (Wildman–Crippen MR) is 83.3 cm³/mol. The van der Waals surface area contributed by atoms with Crippen LogP contribution in [0, 0.1) is 10.1 Å². The quantitative estimate of drug-likeness (QED) is 0.677. The molecule has 0 saturated carbocycles. The van der Waals surface area contributed by atoms with Crippen LogP contribution in [0.25, 0.3) is 0 Å². The maximum atomic E-state index is 11.6. The van der Waals surface area contributed by atoms with Crippen molar-refractivity contribution in [1.82, 2.24) is 4.90 Å². The van der Waals surface area contributed by atoms with Crippen LogP contribution in [0.5, 0.6) is 0 Å². The highest BCUT2D eigenvalue weighted by Gasteiger charge is 2.26. The molecule has 0 radical (unpaired) electrons. The molecule has 1 N–H and O–H groups in total. The van der Waals surface area contributed by atoms with Crippen molar-refractivity contribution in [2.24, 2.45) is 0 Å². The Labute approximate surface area is 133 Å². The molecular weight excluding hydrogens is 310 g/mol. The number of anilines is 1. The second-order valence-electron chi connectivity index (χ2n) is 5.00. The molecule has 0 spiro atoms. The molecule has 1 saturated heterocycles. The van der Waals surface area contributed by atoms with E-state index in [1.807, 2.05) is 0 Å². The average Bonchev–Trinajstić information content (AvgIpc) is 2.50. The van der Waals surface area contributed by atoms with Crippen molar-refractivity contribution in [3.63, 3.8) is 0 Å². The number of halogens is 1. The first-order valence-corrected chi connectivity index (χ1v) is 7.51. The molecule has 1 aliphatic heterocycles. The summed E-state index contributed by atoms with van der Waals surface area (Å²) in [5.74, 6) is 0. The van der Waals surface area contributed by atoms with E-state index in [0.29, 0.717) is 43.2 Å². The smallest absolute Gasteiger partial charge is 0.409 e. The van der Waals surface area contributed by atoms with E-state index in [-0.39, 0.29) is 17.8 Å². The van der Waals surface area contributed by atoms with Gasteiger partial charge in [-0.2, -0.15) is 0 Å². The van der Waals surface area contributed by atoms with Gasteiger partial charge in [-0.05, 0) is 25.8 Å². The zero-order chi connectivity index (χ0) is 16.1. The number of rotatable bonds is 4. The van der Waals surface area contributed by atoms with E-state index in [9.17, 15) is 14.9 Å². The monoisotopic (exact) mass is 327 g/mol. The molecule has 1 heterocycles. The number of nitro benzene ring substituents is 1. The van der Waals surface area contributed by atoms with Crippen molar-refractivity contribution < 1.29 is 14.5 Å². The molecule has 0 aromatic heterocycles. The third-order valence-corrected chi connectivity index (χ3v) is 3.87. The SMILES string of the molecule is CCOC(=O)N1CCC(Nc2c(Cl)cccc2[N+](=O)[O-])CC1. The van der Waals surface area contributed by atoms with Gasteiger partial charge < -0.3 is 15.0 Å². The van der Waals surface area contributed by atoms with E-state index in [0.717, 1.165) is 0 Å². The summed E-state index contributed by atoms with van der Waals surface area (Å²) in [5.41, 5.74) is 0.295. The molecule has 0 bridgehead atoms. The highest BCUT2D eigenvalue weighted by atomic mass is 35.5. The summed E-state index contributed by atoms with van der Waals surface area (Å²) in [6.45, 7) is 3.22. The molecule has 0 atom stereocenters. The molecule has 1 fully saturated rings. The topological polar surface area (TPSA) is 84.7 Å². The lowest BCUT2D eigenvalue weighted by Gasteiger charge is -2.32. The summed E-state index contributed by atoms with van der Waals surface area (Å²) in [7, 11) is 0. The fraction of sp³-hybridized carbons (Fsp3) is 0.500. The number of piperidine rings is 1. The molecule has 0 unspecified atom stereocenters. The van der Waals surface area contributed by atoms with E-state index in [2.05, 4.69) is 5.32 Å². The van der Waals surface area contributed by atoms with Crippen LogP contribution in [0.3, 0.4) is 0 Å². The largest absolute Gasteiger partial charge is 0.450 e. The summed E-state index contributed by atoms with van der Waals surface area (Å²) < 4.78 is 4.96. The minimum atomic E-state index is -0.456. The van der Waals surface area contributed by atoms with Crippen LogP contribution in [0.1, 0.15) is 19.8 Å². The number of hydrogen-bond donors (Lipinski definition) is 1. The van der Waals surface area contributed by atoms with E-state index < -0.39 is 4.92 Å². The van der Waals surface area contributed by atoms with Gasteiger partial charge in [0, 0.05) is 25.2 Å². The first kappa shape index (κ1) is 16.4. The van der Waals surface area contributed by atoms with Gasteiger partial charge in [0.25, 0.3) is 5.69 Å². The van der Waals surface area contributed by atoms with E-state index in [1.54, 1.807) is 24.0 Å². The molecule has 1 aromatic carbocycles. The number of benzene rings is 1. The molecule has 22 heavy (non-hydrogen) atoms. The van der Waals surface area contributed by atoms with Crippen LogP contribution in [-0.4, -0.2) is 41.7 Å². The fourth-order valence-corrected chi connectivity index (χ4v) is 2.66. The van der Waals surface area contributed by atoms with E-state index >= 15 is 0 Å². The summed E-state index contributed by atoms with van der Waals surface area (Å²) in [6.07, 6.45) is 1.05. The molecule has 0 aliphatic carbocycles. The van der Waals surface area contributed by atoms with Crippen LogP contribution in [0.4, 0.5) is 16.2 Å². The van der Waals surface area contributed by atoms with Gasteiger partial charge in [0.15, 0.2) is 0 Å². The van der Waals surface area contributed by atoms with Crippen molar-refractivity contribution in [2.45, 2.75) is 25.8 Å². The van der Waals surface area contributed by atoms with E-state index in [1.165, 1.54) is 6.07 Å². The second kappa shape index (κ2) is 7.31. The van der Waals surface area contributed by atoms with Crippen LogP contribution < -0.4 is 5.32 Å². The number of para-hydroxylation sites is 1. The number of likely N-dealkylation sites (tertiary alicyclic amines) is 1. The van der Waals surface area contributed by atoms with Crippen molar-refractivity contribution in [2.75, 3.05) is 25.0 Å². The molecule has 1 aliphatic rings. The minimum Gasteiger partial charge on any atom is -0.450 e. The van der Waals surface area contributed by atoms with Crippen LogP contribution >= 0.6 is 11.6 Å². The van der Waals surface area contributed by atoms with Gasteiger partial charge in [-0.3, -0.25) is 10.1 Å². The lowest BCUT2D eigenvalue weighted by atomic mass is 10.0. The van der Waals surface area contributed by atoms with Crippen LogP contribution in [-0.2, 0) is 4.74 Å². The number of amides is 1. The van der Waals surface area contributed by atoms with Crippen molar-refractivity contribution in [1.29, 1.82) is 0 Å². The number of carbonyl (C=O) groups is 1. The Kier molecular flexibility index (Phi) is 5.43. The van der Waals surface area contributed by atoms with Crippen molar-refractivity contribution >= 4 is 29.1 Å². The molecule has 8 heteroatoms. The highest BCUT2D eigenvalue weighted by molar-refractivity contribution is 6.33. The zero-order valence-electron chi connectivity index (χ0n) is 12.3. The van der Waals surface area contributed by atoms with Gasteiger partial charge >= 0.3 is 6.09 Å². The maximum Gasteiger partial charge on any atom is 0.409 e. The molecule has 7 nitrogen and oxygen atoms in total. The molecule has 1 aromatic rings. The number of carbonyl (C=O) groups excluding carboxylic acids is 1. The Morgan fingerprint density at radius 3 is 2.77 bits per heavy atom. The van der Waals surface area contributed by atoms with Gasteiger partial charge in [-0.25, -0.2) is 4.79 Å². The van der Waals surface area contributed by atoms with Gasteiger partial charge in [0.05, 0.1) is 16.6 Å². The fourth-order valence-electron chi connectivity index (χ4n) is 2.43.